The Kier molecular flexibility index (Phi) is 2.55. The van der Waals surface area contributed by atoms with Crippen molar-refractivity contribution >= 4 is 11.6 Å². The topological polar surface area (TPSA) is 9.23 Å². The first-order chi connectivity index (χ1) is 5.27. The molecule has 1 radical (unpaired) electrons. The molecule has 0 spiro atoms. The fourth-order valence-corrected chi connectivity index (χ4v) is 0.951. The van der Waals surface area contributed by atoms with Crippen LogP contribution in [0.2, 0.25) is 5.02 Å². The predicted molar refractivity (Wildman–Crippen MR) is 46.0 cm³/mol. The summed E-state index contributed by atoms with van der Waals surface area (Å²) < 4.78 is 4.99. The van der Waals surface area contributed by atoms with Crippen LogP contribution in [0.15, 0.2) is 24.8 Å². The van der Waals surface area contributed by atoms with Crippen LogP contribution in [-0.2, 0) is 0 Å². The van der Waals surface area contributed by atoms with E-state index < -0.39 is 0 Å². The molecular formula is C9H8ClO. The molecule has 0 atom stereocenters. The van der Waals surface area contributed by atoms with Gasteiger partial charge in [0.2, 0.25) is 0 Å². The third-order valence-corrected chi connectivity index (χ3v) is 1.69. The minimum absolute atomic E-state index is 0.640. The number of halogens is 1. The molecule has 0 aliphatic heterocycles. The highest BCUT2D eigenvalue weighted by atomic mass is 35.5. The molecule has 0 aromatic heterocycles. The van der Waals surface area contributed by atoms with E-state index in [9.17, 15) is 0 Å². The highest BCUT2D eigenvalue weighted by Crippen LogP contribution is 2.21. The van der Waals surface area contributed by atoms with Gasteiger partial charge in [0.15, 0.2) is 0 Å². The van der Waals surface area contributed by atoms with Crippen molar-refractivity contribution in [2.75, 3.05) is 7.11 Å². The zero-order valence-electron chi connectivity index (χ0n) is 6.23. The van der Waals surface area contributed by atoms with E-state index in [-0.39, 0.29) is 0 Å². The van der Waals surface area contributed by atoms with Gasteiger partial charge in [-0.05, 0) is 24.3 Å². The zero-order valence-corrected chi connectivity index (χ0v) is 6.98. The standard InChI is InChI=1S/C9H8ClO/c1-3-7-6-8(11-2)4-5-9(7)10/h4-6H,1H2,2H3. The van der Waals surface area contributed by atoms with Gasteiger partial charge in [0.1, 0.15) is 5.75 Å². The molecule has 0 bridgehead atoms. The van der Waals surface area contributed by atoms with Gasteiger partial charge in [0, 0.05) is 10.6 Å². The van der Waals surface area contributed by atoms with Crippen LogP contribution in [0.1, 0.15) is 5.56 Å². The van der Waals surface area contributed by atoms with E-state index in [0.29, 0.717) is 5.02 Å². The average molecular weight is 168 g/mol. The van der Waals surface area contributed by atoms with Gasteiger partial charge in [-0.3, -0.25) is 0 Å². The molecule has 0 saturated heterocycles. The lowest BCUT2D eigenvalue weighted by molar-refractivity contribution is 0.414. The van der Waals surface area contributed by atoms with Crippen molar-refractivity contribution in [2.24, 2.45) is 0 Å². The molecule has 1 nitrogen and oxygen atoms in total. The second kappa shape index (κ2) is 3.44. The Hall–Kier alpha value is -0.950. The summed E-state index contributed by atoms with van der Waals surface area (Å²) in [5.41, 5.74) is 0.769. The fraction of sp³-hybridized carbons (Fsp3) is 0.111. The van der Waals surface area contributed by atoms with Gasteiger partial charge in [-0.1, -0.05) is 18.2 Å². The van der Waals surface area contributed by atoms with Gasteiger partial charge in [0.05, 0.1) is 7.11 Å². The third-order valence-electron chi connectivity index (χ3n) is 1.36. The molecule has 11 heavy (non-hydrogen) atoms. The van der Waals surface area contributed by atoms with Crippen LogP contribution in [0.3, 0.4) is 0 Å². The maximum atomic E-state index is 5.80. The van der Waals surface area contributed by atoms with Crippen LogP contribution >= 0.6 is 11.6 Å². The van der Waals surface area contributed by atoms with E-state index >= 15 is 0 Å². The molecule has 0 aliphatic carbocycles. The van der Waals surface area contributed by atoms with Crippen molar-refractivity contribution in [3.05, 3.63) is 41.4 Å². The van der Waals surface area contributed by atoms with E-state index in [0.717, 1.165) is 11.3 Å². The predicted octanol–water partition coefficient (Wildman–Crippen LogP) is 2.69. The van der Waals surface area contributed by atoms with Crippen LogP contribution in [0, 0.1) is 6.08 Å². The third kappa shape index (κ3) is 1.75. The lowest BCUT2D eigenvalue weighted by Crippen LogP contribution is -1.83. The molecule has 1 aromatic rings. The molecule has 1 rings (SSSR count). The number of hydrogen-bond donors (Lipinski definition) is 0. The Morgan fingerprint density at radius 1 is 1.55 bits per heavy atom. The van der Waals surface area contributed by atoms with Crippen LogP contribution in [0.4, 0.5) is 0 Å². The average Bonchev–Trinajstić information content (AvgIpc) is 2.05. The van der Waals surface area contributed by atoms with Gasteiger partial charge in [-0.15, -0.1) is 0 Å². The second-order valence-corrected chi connectivity index (χ2v) is 2.43. The number of methoxy groups -OCH3 is 1. The Morgan fingerprint density at radius 2 is 2.27 bits per heavy atom. The van der Waals surface area contributed by atoms with Crippen molar-refractivity contribution in [1.29, 1.82) is 0 Å². The molecule has 0 unspecified atom stereocenters. The van der Waals surface area contributed by atoms with Gasteiger partial charge in [-0.25, -0.2) is 0 Å². The first kappa shape index (κ1) is 8.15. The zero-order chi connectivity index (χ0) is 8.27. The molecule has 1 aromatic carbocycles. The van der Waals surface area contributed by atoms with Crippen LogP contribution in [0.5, 0.6) is 5.75 Å². The van der Waals surface area contributed by atoms with Crippen molar-refractivity contribution < 1.29 is 4.74 Å². The van der Waals surface area contributed by atoms with Gasteiger partial charge < -0.3 is 4.74 Å². The maximum Gasteiger partial charge on any atom is 0.119 e. The Labute approximate surface area is 71.3 Å². The molecule has 57 valence electrons. The fourth-order valence-electron chi connectivity index (χ4n) is 0.767. The quantitative estimate of drug-likeness (QED) is 0.658. The maximum absolute atomic E-state index is 5.80. The summed E-state index contributed by atoms with van der Waals surface area (Å²) in [6.07, 6.45) is 2.71. The Balaban J connectivity index is 3.12. The second-order valence-electron chi connectivity index (χ2n) is 2.02. The number of ether oxygens (including phenoxy) is 1. The number of hydrogen-bond acceptors (Lipinski definition) is 1. The molecule has 0 heterocycles. The van der Waals surface area contributed by atoms with Crippen molar-refractivity contribution in [3.8, 4) is 5.75 Å². The molecule has 0 fully saturated rings. The van der Waals surface area contributed by atoms with Gasteiger partial charge >= 0.3 is 0 Å². The molecule has 0 N–H and O–H groups in total. The van der Waals surface area contributed by atoms with Gasteiger partial charge in [-0.2, -0.15) is 0 Å². The highest BCUT2D eigenvalue weighted by molar-refractivity contribution is 6.31. The van der Waals surface area contributed by atoms with Crippen molar-refractivity contribution in [3.63, 3.8) is 0 Å². The first-order valence-corrected chi connectivity index (χ1v) is 3.52. The normalized spacial score (nSPS) is 9.27. The smallest absolute Gasteiger partial charge is 0.119 e. The largest absolute Gasteiger partial charge is 0.497 e. The Bertz CT molecular complexity index is 268. The highest BCUT2D eigenvalue weighted by Gasteiger charge is 1.97. The summed E-state index contributed by atoms with van der Waals surface area (Å²) in [6, 6.07) is 5.34. The SMILES string of the molecule is C=[C]c1cc(OC)ccc1Cl. The summed E-state index contributed by atoms with van der Waals surface area (Å²) in [7, 11) is 1.61. The molecule has 0 amide bonds. The summed E-state index contributed by atoms with van der Waals surface area (Å²) in [5.74, 6) is 0.764. The van der Waals surface area contributed by atoms with E-state index in [4.69, 9.17) is 16.3 Å². The summed E-state index contributed by atoms with van der Waals surface area (Å²) >= 11 is 5.80. The van der Waals surface area contributed by atoms with Crippen LogP contribution < -0.4 is 4.74 Å². The van der Waals surface area contributed by atoms with Crippen LogP contribution in [-0.4, -0.2) is 7.11 Å². The summed E-state index contributed by atoms with van der Waals surface area (Å²) in [4.78, 5) is 0. The molecule has 2 heteroatoms. The van der Waals surface area contributed by atoms with Crippen molar-refractivity contribution in [1.82, 2.24) is 0 Å². The van der Waals surface area contributed by atoms with Crippen molar-refractivity contribution in [2.45, 2.75) is 0 Å². The van der Waals surface area contributed by atoms with E-state index in [1.807, 2.05) is 0 Å². The van der Waals surface area contributed by atoms with Gasteiger partial charge in [0.25, 0.3) is 0 Å². The number of benzene rings is 1. The minimum Gasteiger partial charge on any atom is -0.497 e. The molecular weight excluding hydrogens is 160 g/mol. The first-order valence-electron chi connectivity index (χ1n) is 3.14. The van der Waals surface area contributed by atoms with Crippen LogP contribution in [0.25, 0.3) is 0 Å². The monoisotopic (exact) mass is 167 g/mol. The minimum atomic E-state index is 0.640. The molecule has 0 saturated carbocycles. The number of rotatable bonds is 2. The van der Waals surface area contributed by atoms with E-state index in [1.54, 1.807) is 25.3 Å². The summed E-state index contributed by atoms with van der Waals surface area (Å²) in [5, 5.41) is 0.640. The lowest BCUT2D eigenvalue weighted by atomic mass is 10.2. The Morgan fingerprint density at radius 3 is 2.82 bits per heavy atom. The summed E-state index contributed by atoms with van der Waals surface area (Å²) in [6.45, 7) is 3.50. The lowest BCUT2D eigenvalue weighted by Gasteiger charge is -2.01. The van der Waals surface area contributed by atoms with E-state index in [2.05, 4.69) is 12.7 Å². The van der Waals surface area contributed by atoms with E-state index in [1.165, 1.54) is 0 Å². The molecule has 0 aliphatic rings.